The third-order valence-corrected chi connectivity index (χ3v) is 4.28. The van der Waals surface area contributed by atoms with E-state index in [1.165, 1.54) is 18.2 Å². The Bertz CT molecular complexity index is 929. The van der Waals surface area contributed by atoms with Gasteiger partial charge in [-0.25, -0.2) is 9.80 Å². The lowest BCUT2D eigenvalue weighted by Crippen LogP contribution is -2.35. The number of carbonyl (C=O) groups is 3. The van der Waals surface area contributed by atoms with Crippen molar-refractivity contribution >= 4 is 29.5 Å². The highest BCUT2D eigenvalue weighted by molar-refractivity contribution is 6.31. The van der Waals surface area contributed by atoms with Crippen LogP contribution in [0.1, 0.15) is 27.0 Å². The highest BCUT2D eigenvalue weighted by Gasteiger charge is 2.34. The first-order valence-corrected chi connectivity index (χ1v) is 8.03. The summed E-state index contributed by atoms with van der Waals surface area (Å²) in [4.78, 5) is 36.3. The second-order valence-electron chi connectivity index (χ2n) is 6.02. The van der Waals surface area contributed by atoms with Gasteiger partial charge in [0.1, 0.15) is 5.57 Å². The SMILES string of the molecule is COC(=O)c1ccc(/C=C2/C(=O)NN(c3ccc(C)c(C)c3)C2=O)cc1. The van der Waals surface area contributed by atoms with Crippen LogP contribution in [0.25, 0.3) is 6.08 Å². The number of benzene rings is 2. The van der Waals surface area contributed by atoms with Crippen molar-refractivity contribution in [2.45, 2.75) is 13.8 Å². The number of anilines is 1. The Kier molecular flexibility index (Phi) is 4.58. The molecule has 0 atom stereocenters. The van der Waals surface area contributed by atoms with Crippen molar-refractivity contribution in [3.05, 3.63) is 70.3 Å². The van der Waals surface area contributed by atoms with E-state index in [0.717, 1.165) is 11.1 Å². The molecular formula is C20H18N2O4. The molecular weight excluding hydrogens is 332 g/mol. The van der Waals surface area contributed by atoms with Crippen LogP contribution in [-0.2, 0) is 14.3 Å². The van der Waals surface area contributed by atoms with E-state index in [-0.39, 0.29) is 5.57 Å². The molecule has 132 valence electrons. The lowest BCUT2D eigenvalue weighted by Gasteiger charge is -2.15. The number of rotatable bonds is 3. The fourth-order valence-electron chi connectivity index (χ4n) is 2.60. The van der Waals surface area contributed by atoms with Gasteiger partial charge in [0.15, 0.2) is 0 Å². The van der Waals surface area contributed by atoms with Crippen LogP contribution < -0.4 is 10.4 Å². The number of hydrogen-bond acceptors (Lipinski definition) is 4. The number of nitrogens with one attached hydrogen (secondary N) is 1. The summed E-state index contributed by atoms with van der Waals surface area (Å²) in [5.74, 6) is -1.33. The minimum absolute atomic E-state index is 0.0362. The zero-order chi connectivity index (χ0) is 18.8. The zero-order valence-electron chi connectivity index (χ0n) is 14.7. The van der Waals surface area contributed by atoms with Gasteiger partial charge >= 0.3 is 5.97 Å². The van der Waals surface area contributed by atoms with E-state index >= 15 is 0 Å². The highest BCUT2D eigenvalue weighted by atomic mass is 16.5. The van der Waals surface area contributed by atoms with Crippen LogP contribution in [0.2, 0.25) is 0 Å². The van der Waals surface area contributed by atoms with Gasteiger partial charge < -0.3 is 4.74 Å². The number of hydrazine groups is 1. The Hall–Kier alpha value is -3.41. The number of nitrogens with zero attached hydrogens (tertiary/aromatic N) is 1. The van der Waals surface area contributed by atoms with Crippen molar-refractivity contribution in [1.29, 1.82) is 0 Å². The smallest absolute Gasteiger partial charge is 0.337 e. The van der Waals surface area contributed by atoms with E-state index in [2.05, 4.69) is 10.2 Å². The molecule has 6 heteroatoms. The zero-order valence-corrected chi connectivity index (χ0v) is 14.7. The lowest BCUT2D eigenvalue weighted by atomic mass is 10.1. The van der Waals surface area contributed by atoms with Gasteiger partial charge in [-0.15, -0.1) is 0 Å². The van der Waals surface area contributed by atoms with E-state index in [9.17, 15) is 14.4 Å². The topological polar surface area (TPSA) is 75.7 Å². The number of esters is 1. The second-order valence-corrected chi connectivity index (χ2v) is 6.02. The number of ether oxygens (including phenoxy) is 1. The molecule has 1 aliphatic rings. The predicted octanol–water partition coefficient (Wildman–Crippen LogP) is 2.55. The summed E-state index contributed by atoms with van der Waals surface area (Å²) >= 11 is 0. The fraction of sp³-hybridized carbons (Fsp3) is 0.150. The molecule has 0 aliphatic carbocycles. The van der Waals surface area contributed by atoms with E-state index in [1.54, 1.807) is 30.3 Å². The van der Waals surface area contributed by atoms with Crippen LogP contribution in [0.4, 0.5) is 5.69 Å². The maximum Gasteiger partial charge on any atom is 0.337 e. The summed E-state index contributed by atoms with van der Waals surface area (Å²) in [6.07, 6.45) is 1.50. The van der Waals surface area contributed by atoms with Gasteiger partial charge in [-0.2, -0.15) is 0 Å². The molecule has 0 spiro atoms. The molecule has 2 aromatic rings. The molecule has 0 radical (unpaired) electrons. The molecule has 26 heavy (non-hydrogen) atoms. The van der Waals surface area contributed by atoms with Gasteiger partial charge in [0.25, 0.3) is 11.8 Å². The van der Waals surface area contributed by atoms with Crippen LogP contribution in [0.5, 0.6) is 0 Å². The molecule has 0 unspecified atom stereocenters. The monoisotopic (exact) mass is 350 g/mol. The Morgan fingerprint density at radius 2 is 1.73 bits per heavy atom. The molecule has 0 bridgehead atoms. The summed E-state index contributed by atoms with van der Waals surface area (Å²) in [5, 5.41) is 1.24. The molecule has 0 saturated carbocycles. The number of carbonyl (C=O) groups excluding carboxylic acids is 3. The van der Waals surface area contributed by atoms with Gasteiger partial charge in [-0.1, -0.05) is 18.2 Å². The van der Waals surface area contributed by atoms with Crippen molar-refractivity contribution in [2.24, 2.45) is 0 Å². The lowest BCUT2D eigenvalue weighted by molar-refractivity contribution is -0.117. The number of hydrogen-bond donors (Lipinski definition) is 1. The van der Waals surface area contributed by atoms with E-state index < -0.39 is 17.8 Å². The van der Waals surface area contributed by atoms with Crippen molar-refractivity contribution in [2.75, 3.05) is 12.1 Å². The van der Waals surface area contributed by atoms with Crippen LogP contribution in [0.15, 0.2) is 48.0 Å². The van der Waals surface area contributed by atoms with E-state index in [4.69, 9.17) is 0 Å². The quantitative estimate of drug-likeness (QED) is 0.524. The molecule has 3 rings (SSSR count). The molecule has 6 nitrogen and oxygen atoms in total. The molecule has 1 aliphatic heterocycles. The van der Waals surface area contributed by atoms with Gasteiger partial charge in [0.05, 0.1) is 18.4 Å². The average Bonchev–Trinajstić information content (AvgIpc) is 2.92. The van der Waals surface area contributed by atoms with Crippen molar-refractivity contribution in [1.82, 2.24) is 5.43 Å². The minimum Gasteiger partial charge on any atom is -0.465 e. The highest BCUT2D eigenvalue weighted by Crippen LogP contribution is 2.23. The van der Waals surface area contributed by atoms with E-state index in [1.807, 2.05) is 26.0 Å². The summed E-state index contributed by atoms with van der Waals surface area (Å²) in [7, 11) is 1.31. The molecule has 1 heterocycles. The van der Waals surface area contributed by atoms with Gasteiger partial charge in [0.2, 0.25) is 0 Å². The number of aryl methyl sites for hydroxylation is 2. The Balaban J connectivity index is 1.87. The molecule has 2 amide bonds. The Morgan fingerprint density at radius 1 is 1.04 bits per heavy atom. The summed E-state index contributed by atoms with van der Waals surface area (Å²) < 4.78 is 4.65. The number of methoxy groups -OCH3 is 1. The van der Waals surface area contributed by atoms with Gasteiger partial charge in [-0.05, 0) is 60.9 Å². The van der Waals surface area contributed by atoms with Crippen LogP contribution in [0.3, 0.4) is 0 Å². The first kappa shape index (κ1) is 17.4. The minimum atomic E-state index is -0.467. The molecule has 1 saturated heterocycles. The molecule has 2 aromatic carbocycles. The Morgan fingerprint density at radius 3 is 2.35 bits per heavy atom. The fourth-order valence-corrected chi connectivity index (χ4v) is 2.60. The summed E-state index contributed by atoms with van der Waals surface area (Å²) in [6, 6.07) is 12.0. The summed E-state index contributed by atoms with van der Waals surface area (Å²) in [6.45, 7) is 3.92. The van der Waals surface area contributed by atoms with Crippen molar-refractivity contribution in [3.63, 3.8) is 0 Å². The predicted molar refractivity (Wildman–Crippen MR) is 97.3 cm³/mol. The van der Waals surface area contributed by atoms with E-state index in [0.29, 0.717) is 16.8 Å². The summed E-state index contributed by atoms with van der Waals surface area (Å²) in [5.41, 5.74) is 6.39. The maximum absolute atomic E-state index is 12.6. The van der Waals surface area contributed by atoms with Gasteiger partial charge in [-0.3, -0.25) is 15.0 Å². The largest absolute Gasteiger partial charge is 0.465 e. The van der Waals surface area contributed by atoms with Gasteiger partial charge in [0, 0.05) is 0 Å². The molecule has 0 aromatic heterocycles. The normalized spacial score (nSPS) is 15.3. The first-order valence-electron chi connectivity index (χ1n) is 8.03. The number of amides is 2. The second kappa shape index (κ2) is 6.84. The van der Waals surface area contributed by atoms with Crippen LogP contribution in [0, 0.1) is 13.8 Å². The third kappa shape index (κ3) is 3.21. The standard InChI is InChI=1S/C20H18N2O4/c1-12-4-9-16(10-13(12)2)22-19(24)17(18(23)21-22)11-14-5-7-15(8-6-14)20(25)26-3/h4-11H,1-3H3,(H,21,23)/b17-11-. The molecule has 1 fully saturated rings. The van der Waals surface area contributed by atoms with Crippen molar-refractivity contribution < 1.29 is 19.1 Å². The van der Waals surface area contributed by atoms with Crippen molar-refractivity contribution in [3.8, 4) is 0 Å². The maximum atomic E-state index is 12.6. The Labute approximate surface area is 151 Å². The first-order chi connectivity index (χ1) is 12.4. The average molecular weight is 350 g/mol. The third-order valence-electron chi connectivity index (χ3n) is 4.28. The van der Waals surface area contributed by atoms with Crippen LogP contribution in [-0.4, -0.2) is 24.9 Å². The van der Waals surface area contributed by atoms with Crippen LogP contribution >= 0.6 is 0 Å². The molecule has 1 N–H and O–H groups in total.